The van der Waals surface area contributed by atoms with Crippen LogP contribution in [-0.2, 0) is 14.3 Å². The summed E-state index contributed by atoms with van der Waals surface area (Å²) in [5.74, 6) is -1.29. The molecule has 2 rings (SSSR count). The number of hydrogen-bond acceptors (Lipinski definition) is 4. The highest BCUT2D eigenvalue weighted by Crippen LogP contribution is 2.28. The number of nitrogens with one attached hydrogen (secondary N) is 1. The van der Waals surface area contributed by atoms with E-state index in [0.29, 0.717) is 0 Å². The van der Waals surface area contributed by atoms with Crippen molar-refractivity contribution in [1.82, 2.24) is 5.32 Å². The number of carbonyl (C=O) groups excluding carboxylic acids is 1. The maximum atomic E-state index is 11.8. The number of carbonyl (C=O) groups is 2. The molecule has 1 aliphatic rings. The highest BCUT2D eigenvalue weighted by molar-refractivity contribution is 9.11. The lowest BCUT2D eigenvalue weighted by Crippen LogP contribution is -2.49. The minimum absolute atomic E-state index is 0.106. The summed E-state index contributed by atoms with van der Waals surface area (Å²) in [4.78, 5) is 24.0. The second kappa shape index (κ2) is 6.07. The fraction of sp³-hybridized carbons (Fsp3) is 0.385. The van der Waals surface area contributed by atoms with Crippen LogP contribution in [0.2, 0.25) is 0 Å². The monoisotopic (exact) mass is 359 g/mol. The molecule has 1 aromatic heterocycles. The normalized spacial score (nSPS) is 26.0. The molecule has 108 valence electrons. The quantitative estimate of drug-likeness (QED) is 0.807. The first-order valence-corrected chi connectivity index (χ1v) is 7.58. The molecule has 2 unspecified atom stereocenters. The maximum absolute atomic E-state index is 11.8. The number of carboxylic acid groups (broad SMARTS) is 1. The second-order valence-electron chi connectivity index (χ2n) is 4.77. The Hall–Kier alpha value is -1.18. The van der Waals surface area contributed by atoms with Gasteiger partial charge in [0.05, 0.1) is 23.0 Å². The largest absolute Gasteiger partial charge is 0.481 e. The lowest BCUT2D eigenvalue weighted by molar-refractivity contribution is -0.148. The van der Waals surface area contributed by atoms with E-state index in [1.807, 2.05) is 12.1 Å². The Kier molecular flexibility index (Phi) is 4.62. The smallest absolute Gasteiger partial charge is 0.313 e. The summed E-state index contributed by atoms with van der Waals surface area (Å²) in [6, 6.07) is 3.26. The van der Waals surface area contributed by atoms with Crippen LogP contribution in [0.1, 0.15) is 11.8 Å². The van der Waals surface area contributed by atoms with E-state index in [1.54, 1.807) is 13.0 Å². The summed E-state index contributed by atoms with van der Waals surface area (Å²) >= 11 is 4.85. The summed E-state index contributed by atoms with van der Waals surface area (Å²) in [6.07, 6.45) is 3.09. The van der Waals surface area contributed by atoms with Crippen LogP contribution < -0.4 is 5.32 Å². The van der Waals surface area contributed by atoms with Gasteiger partial charge in [-0.05, 0) is 41.1 Å². The summed E-state index contributed by atoms with van der Waals surface area (Å²) in [5.41, 5.74) is -1.07. The van der Waals surface area contributed by atoms with E-state index in [4.69, 9.17) is 4.74 Å². The van der Waals surface area contributed by atoms with Crippen molar-refractivity contribution in [1.29, 1.82) is 0 Å². The molecular weight excluding hydrogens is 346 g/mol. The van der Waals surface area contributed by atoms with Gasteiger partial charge in [0.25, 0.3) is 0 Å². The molecular formula is C13H14BrNO4S. The Morgan fingerprint density at radius 3 is 2.95 bits per heavy atom. The molecule has 1 aromatic rings. The lowest BCUT2D eigenvalue weighted by Gasteiger charge is -2.24. The highest BCUT2D eigenvalue weighted by atomic mass is 79.9. The number of hydrogen-bond donors (Lipinski definition) is 2. The molecule has 2 heterocycles. The summed E-state index contributed by atoms with van der Waals surface area (Å²) in [7, 11) is 0. The van der Waals surface area contributed by atoms with E-state index < -0.39 is 17.4 Å². The first-order valence-electron chi connectivity index (χ1n) is 5.97. The predicted molar refractivity (Wildman–Crippen MR) is 79.5 cm³/mol. The lowest BCUT2D eigenvalue weighted by atomic mass is 9.85. The first kappa shape index (κ1) is 15.2. The van der Waals surface area contributed by atoms with Crippen LogP contribution in [0.3, 0.4) is 0 Å². The number of aliphatic carboxylic acids is 1. The van der Waals surface area contributed by atoms with Gasteiger partial charge in [0, 0.05) is 11.0 Å². The van der Waals surface area contributed by atoms with Crippen molar-refractivity contribution in [3.05, 3.63) is 26.9 Å². The van der Waals surface area contributed by atoms with Gasteiger partial charge in [-0.25, -0.2) is 0 Å². The van der Waals surface area contributed by atoms with Gasteiger partial charge in [-0.3, -0.25) is 9.59 Å². The maximum Gasteiger partial charge on any atom is 0.313 e. The van der Waals surface area contributed by atoms with E-state index in [1.165, 1.54) is 17.4 Å². The van der Waals surface area contributed by atoms with Gasteiger partial charge in [0.2, 0.25) is 5.91 Å². The van der Waals surface area contributed by atoms with Crippen molar-refractivity contribution in [3.8, 4) is 0 Å². The molecule has 0 aromatic carbocycles. The number of amides is 1. The van der Waals surface area contributed by atoms with Gasteiger partial charge in [-0.2, -0.15) is 0 Å². The Morgan fingerprint density at radius 2 is 2.35 bits per heavy atom. The molecule has 1 fully saturated rings. The average molecular weight is 360 g/mol. The van der Waals surface area contributed by atoms with E-state index in [-0.39, 0.29) is 19.1 Å². The minimum atomic E-state index is -1.07. The third-order valence-electron chi connectivity index (χ3n) is 3.25. The predicted octanol–water partition coefficient (Wildman–Crippen LogP) is 2.13. The Labute approximate surface area is 128 Å². The van der Waals surface area contributed by atoms with Gasteiger partial charge >= 0.3 is 5.97 Å². The van der Waals surface area contributed by atoms with Crippen LogP contribution in [0.25, 0.3) is 6.08 Å². The van der Waals surface area contributed by atoms with Gasteiger partial charge in [-0.15, -0.1) is 11.3 Å². The van der Waals surface area contributed by atoms with Crippen LogP contribution in [-0.4, -0.2) is 36.2 Å². The van der Waals surface area contributed by atoms with Crippen LogP contribution >= 0.6 is 27.3 Å². The fourth-order valence-electron chi connectivity index (χ4n) is 1.88. The SMILES string of the molecule is CC1(C(=O)O)COCC1NC(=O)C=Cc1ccc(Br)s1. The number of ether oxygens (including phenoxy) is 1. The van der Waals surface area contributed by atoms with Crippen molar-refractivity contribution < 1.29 is 19.4 Å². The second-order valence-corrected chi connectivity index (χ2v) is 7.27. The van der Waals surface area contributed by atoms with Gasteiger partial charge in [0.1, 0.15) is 5.41 Å². The standard InChI is InChI=1S/C13H14BrNO4S/c1-13(12(17)18)7-19-6-9(13)15-11(16)5-3-8-2-4-10(14)20-8/h2-5,9H,6-7H2,1H3,(H,15,16)(H,17,18). The molecule has 0 radical (unpaired) electrons. The van der Waals surface area contributed by atoms with Gasteiger partial charge in [-0.1, -0.05) is 0 Å². The Balaban J connectivity index is 1.98. The van der Waals surface area contributed by atoms with Crippen LogP contribution in [0.5, 0.6) is 0 Å². The van der Waals surface area contributed by atoms with E-state index in [0.717, 1.165) is 8.66 Å². The van der Waals surface area contributed by atoms with Gasteiger partial charge < -0.3 is 15.2 Å². The fourth-order valence-corrected chi connectivity index (χ4v) is 3.21. The number of halogens is 1. The third-order valence-corrected chi connectivity index (χ3v) is 4.84. The van der Waals surface area contributed by atoms with Crippen LogP contribution in [0.15, 0.2) is 22.0 Å². The molecule has 2 N–H and O–H groups in total. The van der Waals surface area contributed by atoms with E-state index in [2.05, 4.69) is 21.2 Å². The molecule has 1 aliphatic heterocycles. The van der Waals surface area contributed by atoms with Crippen molar-refractivity contribution >= 4 is 45.2 Å². The molecule has 0 bridgehead atoms. The minimum Gasteiger partial charge on any atom is -0.481 e. The molecule has 2 atom stereocenters. The zero-order valence-corrected chi connectivity index (χ0v) is 13.2. The number of thiophene rings is 1. The number of rotatable bonds is 4. The van der Waals surface area contributed by atoms with Crippen molar-refractivity contribution in [2.45, 2.75) is 13.0 Å². The zero-order valence-electron chi connectivity index (χ0n) is 10.8. The van der Waals surface area contributed by atoms with Crippen LogP contribution in [0, 0.1) is 5.41 Å². The van der Waals surface area contributed by atoms with Crippen molar-refractivity contribution in [3.63, 3.8) is 0 Å². The molecule has 0 aliphatic carbocycles. The molecule has 20 heavy (non-hydrogen) atoms. The highest BCUT2D eigenvalue weighted by Gasteiger charge is 2.47. The molecule has 1 amide bonds. The Bertz CT molecular complexity index is 556. The van der Waals surface area contributed by atoms with Crippen molar-refractivity contribution in [2.24, 2.45) is 5.41 Å². The summed E-state index contributed by atoms with van der Waals surface area (Å²) in [5, 5.41) is 11.9. The first-order chi connectivity index (χ1) is 9.41. The number of carboxylic acids is 1. The molecule has 7 heteroatoms. The summed E-state index contributed by atoms with van der Waals surface area (Å²) in [6.45, 7) is 1.90. The van der Waals surface area contributed by atoms with Gasteiger partial charge in [0.15, 0.2) is 0 Å². The molecule has 5 nitrogen and oxygen atoms in total. The average Bonchev–Trinajstić information content (AvgIpc) is 2.95. The third kappa shape index (κ3) is 3.28. The van der Waals surface area contributed by atoms with E-state index >= 15 is 0 Å². The molecule has 0 spiro atoms. The molecule has 1 saturated heterocycles. The van der Waals surface area contributed by atoms with Crippen molar-refractivity contribution in [2.75, 3.05) is 13.2 Å². The zero-order chi connectivity index (χ0) is 14.8. The molecule has 0 saturated carbocycles. The topological polar surface area (TPSA) is 75.6 Å². The summed E-state index contributed by atoms with van der Waals surface area (Å²) < 4.78 is 6.16. The van der Waals surface area contributed by atoms with Crippen LogP contribution in [0.4, 0.5) is 0 Å². The Morgan fingerprint density at radius 1 is 1.60 bits per heavy atom. The van der Waals surface area contributed by atoms with E-state index in [9.17, 15) is 14.7 Å².